The molecule has 0 amide bonds. The van der Waals surface area contributed by atoms with Crippen LogP contribution in [0.25, 0.3) is 4.13 Å². The number of hydrogen-bond donors (Lipinski definition) is 0. The van der Waals surface area contributed by atoms with Crippen molar-refractivity contribution >= 4 is 20.0 Å². The Labute approximate surface area is 172 Å². The molecule has 0 aromatic heterocycles. The number of rotatable bonds is 4. The van der Waals surface area contributed by atoms with Crippen LogP contribution in [0.2, 0.25) is 0 Å². The van der Waals surface area contributed by atoms with Crippen molar-refractivity contribution in [3.8, 4) is 0 Å². The molecule has 0 heterocycles. The zero-order valence-corrected chi connectivity index (χ0v) is 15.3. The van der Waals surface area contributed by atoms with E-state index in [1.54, 1.807) is 4.13 Å². The monoisotopic (exact) mass is 483 g/mol. The minimum absolute atomic E-state index is 0. The number of sulfonamides is 2. The van der Waals surface area contributed by atoms with E-state index in [0.29, 0.717) is 0 Å². The molecular weight excluding hydrogens is 483 g/mol. The van der Waals surface area contributed by atoms with Crippen molar-refractivity contribution in [3.63, 3.8) is 0 Å². The van der Waals surface area contributed by atoms with Crippen molar-refractivity contribution in [2.24, 2.45) is 0 Å². The van der Waals surface area contributed by atoms with Gasteiger partial charge in [0.1, 0.15) is 29.8 Å². The van der Waals surface area contributed by atoms with Gasteiger partial charge in [-0.2, -0.15) is 0 Å². The Kier molecular flexibility index (Phi) is 7.33. The Morgan fingerprint density at radius 3 is 0.767 bits per heavy atom. The van der Waals surface area contributed by atoms with E-state index >= 15 is 0 Å². The summed E-state index contributed by atoms with van der Waals surface area (Å²) >= 11 is 0. The first-order valence-electron chi connectivity index (χ1n) is 6.33. The summed E-state index contributed by atoms with van der Waals surface area (Å²) in [6, 6.07) is 0. The normalized spacial score (nSPS) is 12.1. The molecule has 0 saturated carbocycles. The van der Waals surface area contributed by atoms with E-state index in [9.17, 15) is 60.7 Å². The number of hydrogen-bond acceptors (Lipinski definition) is 4. The molecule has 0 spiro atoms. The number of nitrogens with zero attached hydrogens (tertiary/aromatic N) is 1. The molecule has 0 saturated heterocycles. The topological polar surface area (TPSA) is 82.4 Å². The molecule has 2 aromatic carbocycles. The van der Waals surface area contributed by atoms with Crippen LogP contribution in [0.5, 0.6) is 0 Å². The van der Waals surface area contributed by atoms with Crippen molar-refractivity contribution in [2.75, 3.05) is 0 Å². The SMILES string of the molecule is O=S(=O)([N-]S(=O)(=O)c1c(F)c(F)c(F)c(F)c1F)c1c(F)c(F)c(F)c(F)c1F.[Li+]. The van der Waals surface area contributed by atoms with E-state index in [-0.39, 0.29) is 18.9 Å². The molecule has 30 heavy (non-hydrogen) atoms. The Bertz CT molecular complexity index is 1110. The molecule has 18 heteroatoms. The van der Waals surface area contributed by atoms with Gasteiger partial charge in [-0.05, 0) is 0 Å². The molecule has 0 radical (unpaired) electrons. The first kappa shape index (κ1) is 26.2. The van der Waals surface area contributed by atoms with Crippen LogP contribution in [0.4, 0.5) is 43.9 Å². The number of halogens is 10. The molecule has 160 valence electrons. The van der Waals surface area contributed by atoms with Gasteiger partial charge in [-0.1, -0.05) is 0 Å². The van der Waals surface area contributed by atoms with Gasteiger partial charge in [0, 0.05) is 0 Å². The molecule has 0 fully saturated rings. The summed E-state index contributed by atoms with van der Waals surface area (Å²) in [6.45, 7) is 0. The second-order valence-corrected chi connectivity index (χ2v) is 8.14. The number of benzene rings is 2. The first-order valence-corrected chi connectivity index (χ1v) is 9.21. The van der Waals surface area contributed by atoms with Gasteiger partial charge in [0.25, 0.3) is 0 Å². The summed E-state index contributed by atoms with van der Waals surface area (Å²) in [4.78, 5) is -5.69. The Morgan fingerprint density at radius 2 is 0.567 bits per heavy atom. The molecule has 0 aliphatic rings. The third-order valence-electron chi connectivity index (χ3n) is 3.05. The van der Waals surface area contributed by atoms with E-state index in [1.165, 1.54) is 0 Å². The van der Waals surface area contributed by atoms with Crippen molar-refractivity contribution < 1.29 is 79.6 Å². The van der Waals surface area contributed by atoms with Crippen LogP contribution in [0.3, 0.4) is 0 Å². The van der Waals surface area contributed by atoms with E-state index in [2.05, 4.69) is 0 Å². The predicted octanol–water partition coefficient (Wildman–Crippen LogP) is 0.533. The van der Waals surface area contributed by atoms with Crippen molar-refractivity contribution in [3.05, 3.63) is 62.3 Å². The Morgan fingerprint density at radius 1 is 0.400 bits per heavy atom. The van der Waals surface area contributed by atoms with Crippen LogP contribution in [0, 0.1) is 58.2 Å². The maximum Gasteiger partial charge on any atom is 1.00 e. The van der Waals surface area contributed by atoms with E-state index in [0.717, 1.165) is 0 Å². The molecular formula is C12F10LiNO4S2. The zero-order chi connectivity index (χ0) is 22.6. The van der Waals surface area contributed by atoms with Gasteiger partial charge in [-0.3, -0.25) is 0 Å². The zero-order valence-electron chi connectivity index (χ0n) is 13.7. The maximum absolute atomic E-state index is 13.5. The summed E-state index contributed by atoms with van der Waals surface area (Å²) in [7, 11) is -13.0. The average Bonchev–Trinajstić information content (AvgIpc) is 2.60. The quantitative estimate of drug-likeness (QED) is 0.275. The fourth-order valence-electron chi connectivity index (χ4n) is 1.83. The molecule has 5 nitrogen and oxygen atoms in total. The summed E-state index contributed by atoms with van der Waals surface area (Å²) in [5, 5.41) is 0. The van der Waals surface area contributed by atoms with E-state index < -0.39 is 88.0 Å². The Hall–Kier alpha value is -1.80. The summed E-state index contributed by atoms with van der Waals surface area (Å²) in [5.41, 5.74) is 0. The van der Waals surface area contributed by atoms with Gasteiger partial charge >= 0.3 is 18.9 Å². The van der Waals surface area contributed by atoms with Crippen LogP contribution in [-0.2, 0) is 20.0 Å². The van der Waals surface area contributed by atoms with Gasteiger partial charge in [0.2, 0.25) is 11.6 Å². The third-order valence-corrected chi connectivity index (χ3v) is 6.37. The maximum atomic E-state index is 13.5. The average molecular weight is 483 g/mol. The van der Waals surface area contributed by atoms with Crippen LogP contribution in [0.1, 0.15) is 0 Å². The standard InChI is InChI=1S/C12F10NO4S2.Li/c13-1-3(15)7(19)11(8(20)4(1)16)28(24,25)23-29(26,27)12-9(21)5(17)2(14)6(18)10(12)22;/q-1;+1. The van der Waals surface area contributed by atoms with Gasteiger partial charge in [-0.15, -0.1) is 0 Å². The molecule has 0 atom stereocenters. The fraction of sp³-hybridized carbons (Fsp3) is 0. The van der Waals surface area contributed by atoms with Crippen LogP contribution in [-0.4, -0.2) is 16.8 Å². The third kappa shape index (κ3) is 4.04. The second kappa shape index (κ2) is 8.38. The van der Waals surface area contributed by atoms with Crippen LogP contribution in [0.15, 0.2) is 9.79 Å². The molecule has 0 aliphatic heterocycles. The second-order valence-electron chi connectivity index (χ2n) is 4.82. The van der Waals surface area contributed by atoms with E-state index in [4.69, 9.17) is 0 Å². The fourth-order valence-corrected chi connectivity index (χ4v) is 4.72. The Balaban J connectivity index is 0.00000450. The largest absolute Gasteiger partial charge is 1.00 e. The molecule has 0 aliphatic carbocycles. The predicted molar refractivity (Wildman–Crippen MR) is 70.2 cm³/mol. The van der Waals surface area contributed by atoms with Crippen LogP contribution < -0.4 is 18.9 Å². The molecule has 0 N–H and O–H groups in total. The molecule has 2 aromatic rings. The summed E-state index contributed by atoms with van der Waals surface area (Å²) in [5.74, 6) is -29.5. The molecule has 2 rings (SSSR count). The molecule has 0 unspecified atom stereocenters. The van der Waals surface area contributed by atoms with Gasteiger partial charge < -0.3 is 4.13 Å². The van der Waals surface area contributed by atoms with Crippen molar-refractivity contribution in [2.45, 2.75) is 9.79 Å². The summed E-state index contributed by atoms with van der Waals surface area (Å²) in [6.07, 6.45) is 0. The first-order chi connectivity index (χ1) is 13.1. The van der Waals surface area contributed by atoms with Crippen molar-refractivity contribution in [1.82, 2.24) is 0 Å². The van der Waals surface area contributed by atoms with E-state index in [1.807, 2.05) is 0 Å². The minimum Gasteiger partial charge on any atom is -0.427 e. The smallest absolute Gasteiger partial charge is 0.427 e. The summed E-state index contributed by atoms with van der Waals surface area (Å²) < 4.78 is 181. The minimum atomic E-state index is -6.49. The van der Waals surface area contributed by atoms with Crippen molar-refractivity contribution in [1.29, 1.82) is 0 Å². The van der Waals surface area contributed by atoms with Gasteiger partial charge in [-0.25, -0.2) is 60.7 Å². The molecule has 0 bridgehead atoms. The van der Waals surface area contributed by atoms with Gasteiger partial charge in [0.05, 0.1) is 0 Å². The van der Waals surface area contributed by atoms with Gasteiger partial charge in [0.15, 0.2) is 46.5 Å². The van der Waals surface area contributed by atoms with Crippen LogP contribution >= 0.6 is 0 Å².